The highest BCUT2D eigenvalue weighted by atomic mass is 32.2. The predicted molar refractivity (Wildman–Crippen MR) is 68.2 cm³/mol. The average molecular weight is 330 g/mol. The van der Waals surface area contributed by atoms with Crippen LogP contribution >= 0.6 is 0 Å². The van der Waals surface area contributed by atoms with Gasteiger partial charge in [-0.05, 0) is 14.0 Å². The van der Waals surface area contributed by atoms with Crippen LogP contribution in [0.25, 0.3) is 0 Å². The van der Waals surface area contributed by atoms with Gasteiger partial charge in [0.15, 0.2) is 0 Å². The van der Waals surface area contributed by atoms with Crippen molar-refractivity contribution in [3.05, 3.63) is 11.4 Å². The minimum Gasteiger partial charge on any atom is -0.371 e. The van der Waals surface area contributed by atoms with Crippen molar-refractivity contribution < 1.29 is 26.3 Å². The van der Waals surface area contributed by atoms with Gasteiger partial charge < -0.3 is 10.1 Å². The van der Waals surface area contributed by atoms with Gasteiger partial charge in [0.1, 0.15) is 11.5 Å². The van der Waals surface area contributed by atoms with Crippen molar-refractivity contribution in [2.45, 2.75) is 24.5 Å². The number of hydrogen-bond donors (Lipinski definition) is 3. The zero-order chi connectivity index (χ0) is 16.1. The lowest BCUT2D eigenvalue weighted by Gasteiger charge is -2.09. The lowest BCUT2D eigenvalue weighted by atomic mass is 10.4. The van der Waals surface area contributed by atoms with E-state index in [1.54, 1.807) is 14.0 Å². The largest absolute Gasteiger partial charge is 0.411 e. The topological polar surface area (TPSA) is 96.1 Å². The van der Waals surface area contributed by atoms with E-state index in [1.165, 1.54) is 0 Å². The molecule has 0 atom stereocenters. The number of rotatable bonds is 8. The van der Waals surface area contributed by atoms with Gasteiger partial charge >= 0.3 is 6.18 Å². The Morgan fingerprint density at radius 1 is 1.38 bits per heavy atom. The molecule has 122 valence electrons. The fourth-order valence-electron chi connectivity index (χ4n) is 1.62. The summed E-state index contributed by atoms with van der Waals surface area (Å²) >= 11 is 0. The van der Waals surface area contributed by atoms with Gasteiger partial charge in [-0.2, -0.15) is 18.3 Å². The summed E-state index contributed by atoms with van der Waals surface area (Å²) in [7, 11) is -2.22. The molecular formula is C10H17F3N4O3S. The van der Waals surface area contributed by atoms with Crippen molar-refractivity contribution >= 4 is 10.0 Å². The fourth-order valence-corrected chi connectivity index (χ4v) is 2.99. The molecule has 0 unspecified atom stereocenters. The second-order valence-electron chi connectivity index (χ2n) is 4.22. The smallest absolute Gasteiger partial charge is 0.371 e. The molecule has 0 aromatic carbocycles. The Hall–Kier alpha value is -1.17. The Kier molecular flexibility index (Phi) is 6.13. The number of aromatic nitrogens is 2. The minimum absolute atomic E-state index is 0.00679. The maximum atomic E-state index is 12.1. The van der Waals surface area contributed by atoms with Crippen LogP contribution in [-0.4, -0.2) is 51.6 Å². The molecule has 1 aromatic heterocycles. The van der Waals surface area contributed by atoms with Gasteiger partial charge in [-0.3, -0.25) is 5.10 Å². The predicted octanol–water partition coefficient (Wildman–Crippen LogP) is 0.295. The molecule has 0 amide bonds. The van der Waals surface area contributed by atoms with Crippen LogP contribution in [0.15, 0.2) is 4.90 Å². The normalized spacial score (nSPS) is 12.8. The quantitative estimate of drug-likeness (QED) is 0.596. The molecule has 0 saturated carbocycles. The first kappa shape index (κ1) is 17.9. The zero-order valence-corrected chi connectivity index (χ0v) is 12.4. The zero-order valence-electron chi connectivity index (χ0n) is 11.5. The Bertz CT molecular complexity index is 556. The molecule has 1 aromatic rings. The van der Waals surface area contributed by atoms with Gasteiger partial charge in [0.2, 0.25) is 10.0 Å². The lowest BCUT2D eigenvalue weighted by Crippen LogP contribution is -2.30. The molecule has 1 heterocycles. The van der Waals surface area contributed by atoms with E-state index in [4.69, 9.17) is 0 Å². The molecule has 21 heavy (non-hydrogen) atoms. The standard InChI is InChI=1S/C10H17F3N4O3S/c1-7-9(8(5-14-2)17-16-7)21(18,19)15-3-4-20-6-10(11,12)13/h14-15H,3-6H2,1-2H3,(H,16,17). The van der Waals surface area contributed by atoms with Gasteiger partial charge in [-0.25, -0.2) is 13.1 Å². The molecule has 0 saturated heterocycles. The van der Waals surface area contributed by atoms with E-state index >= 15 is 0 Å². The summed E-state index contributed by atoms with van der Waals surface area (Å²) in [6.45, 7) is -0.268. The maximum Gasteiger partial charge on any atom is 0.411 e. The fraction of sp³-hybridized carbons (Fsp3) is 0.700. The molecule has 0 spiro atoms. The SMILES string of the molecule is CNCc1n[nH]c(C)c1S(=O)(=O)NCCOCC(F)(F)F. The molecule has 0 aliphatic heterocycles. The number of sulfonamides is 1. The van der Waals surface area contributed by atoms with Crippen LogP contribution in [0.1, 0.15) is 11.4 Å². The van der Waals surface area contributed by atoms with Crippen molar-refractivity contribution in [1.29, 1.82) is 0 Å². The van der Waals surface area contributed by atoms with Crippen LogP contribution in [0.5, 0.6) is 0 Å². The van der Waals surface area contributed by atoms with Crippen molar-refractivity contribution in [1.82, 2.24) is 20.2 Å². The molecule has 0 aliphatic carbocycles. The first-order chi connectivity index (χ1) is 9.67. The molecule has 0 radical (unpaired) electrons. The molecule has 0 bridgehead atoms. The number of hydrogen-bond acceptors (Lipinski definition) is 5. The number of nitrogens with one attached hydrogen (secondary N) is 3. The maximum absolute atomic E-state index is 12.1. The highest BCUT2D eigenvalue weighted by Gasteiger charge is 2.27. The van der Waals surface area contributed by atoms with E-state index in [9.17, 15) is 21.6 Å². The van der Waals surface area contributed by atoms with Crippen molar-refractivity contribution in [3.8, 4) is 0 Å². The van der Waals surface area contributed by atoms with E-state index < -0.39 is 22.8 Å². The third kappa shape index (κ3) is 5.61. The van der Waals surface area contributed by atoms with E-state index in [0.717, 1.165) is 0 Å². The van der Waals surface area contributed by atoms with Gasteiger partial charge in [0, 0.05) is 13.1 Å². The summed E-state index contributed by atoms with van der Waals surface area (Å²) in [5.41, 5.74) is 0.655. The molecular weight excluding hydrogens is 313 g/mol. The first-order valence-corrected chi connectivity index (χ1v) is 7.48. The first-order valence-electron chi connectivity index (χ1n) is 6.00. The second kappa shape index (κ2) is 7.20. The van der Waals surface area contributed by atoms with Crippen LogP contribution in [0.2, 0.25) is 0 Å². The monoisotopic (exact) mass is 330 g/mol. The van der Waals surface area contributed by atoms with Crippen LogP contribution in [0.4, 0.5) is 13.2 Å². The van der Waals surface area contributed by atoms with E-state index in [1.807, 2.05) is 0 Å². The van der Waals surface area contributed by atoms with Gasteiger partial charge in [0.05, 0.1) is 18.0 Å². The van der Waals surface area contributed by atoms with E-state index in [-0.39, 0.29) is 24.6 Å². The number of ether oxygens (including phenoxy) is 1. The summed E-state index contributed by atoms with van der Waals surface area (Å²) < 4.78 is 66.2. The van der Waals surface area contributed by atoms with Gasteiger partial charge in [-0.15, -0.1) is 0 Å². The third-order valence-corrected chi connectivity index (χ3v) is 4.04. The summed E-state index contributed by atoms with van der Waals surface area (Å²) in [4.78, 5) is -0.00679. The second-order valence-corrected chi connectivity index (χ2v) is 5.92. The molecule has 3 N–H and O–H groups in total. The summed E-state index contributed by atoms with van der Waals surface area (Å²) in [6.07, 6.45) is -4.43. The molecule has 0 fully saturated rings. The van der Waals surface area contributed by atoms with Crippen molar-refractivity contribution in [2.75, 3.05) is 26.8 Å². The molecule has 0 aliphatic rings. The molecule has 1 rings (SSSR count). The van der Waals surface area contributed by atoms with Crippen LogP contribution in [-0.2, 0) is 21.3 Å². The summed E-state index contributed by atoms with van der Waals surface area (Å²) in [6, 6.07) is 0. The Labute approximate surface area is 120 Å². The van der Waals surface area contributed by atoms with Crippen LogP contribution in [0.3, 0.4) is 0 Å². The third-order valence-electron chi connectivity index (χ3n) is 2.38. The Morgan fingerprint density at radius 2 is 2.05 bits per heavy atom. The van der Waals surface area contributed by atoms with Crippen molar-refractivity contribution in [2.24, 2.45) is 0 Å². The number of aryl methyl sites for hydroxylation is 1. The van der Waals surface area contributed by atoms with Crippen molar-refractivity contribution in [3.63, 3.8) is 0 Å². The van der Waals surface area contributed by atoms with E-state index in [0.29, 0.717) is 11.4 Å². The average Bonchev–Trinajstić information content (AvgIpc) is 2.69. The molecule has 7 nitrogen and oxygen atoms in total. The number of H-pyrrole nitrogens is 1. The molecule has 11 heteroatoms. The number of alkyl halides is 3. The van der Waals surface area contributed by atoms with Gasteiger partial charge in [-0.1, -0.05) is 0 Å². The minimum atomic E-state index is -4.43. The number of aromatic amines is 1. The Morgan fingerprint density at radius 3 is 2.62 bits per heavy atom. The number of nitrogens with zero attached hydrogens (tertiary/aromatic N) is 1. The number of halogens is 3. The van der Waals surface area contributed by atoms with Crippen LogP contribution in [0, 0.1) is 6.92 Å². The Balaban J connectivity index is 2.60. The van der Waals surface area contributed by atoms with Crippen LogP contribution < -0.4 is 10.0 Å². The highest BCUT2D eigenvalue weighted by molar-refractivity contribution is 7.89. The lowest BCUT2D eigenvalue weighted by molar-refractivity contribution is -0.173. The van der Waals surface area contributed by atoms with E-state index in [2.05, 4.69) is 25.0 Å². The summed E-state index contributed by atoms with van der Waals surface area (Å²) in [5, 5.41) is 9.20. The highest BCUT2D eigenvalue weighted by Crippen LogP contribution is 2.17. The summed E-state index contributed by atoms with van der Waals surface area (Å²) in [5.74, 6) is 0. The van der Waals surface area contributed by atoms with Gasteiger partial charge in [0.25, 0.3) is 0 Å².